The Morgan fingerprint density at radius 3 is 2.29 bits per heavy atom. The van der Waals surface area contributed by atoms with Crippen LogP contribution in [0.3, 0.4) is 0 Å². The number of aliphatic hydroxyl groups is 1. The van der Waals surface area contributed by atoms with Gasteiger partial charge < -0.3 is 5.11 Å². The summed E-state index contributed by atoms with van der Waals surface area (Å²) in [5, 5.41) is 10.3. The fraction of sp³-hybridized carbons (Fsp3) is 0.200. The van der Waals surface area contributed by atoms with Crippen molar-refractivity contribution in [2.45, 2.75) is 18.4 Å². The van der Waals surface area contributed by atoms with E-state index in [1.807, 2.05) is 30.3 Å². The molecule has 0 radical (unpaired) electrons. The van der Waals surface area contributed by atoms with E-state index in [4.69, 9.17) is 0 Å². The van der Waals surface area contributed by atoms with Crippen LogP contribution in [0.15, 0.2) is 48.5 Å². The van der Waals surface area contributed by atoms with Crippen molar-refractivity contribution in [2.24, 2.45) is 0 Å². The summed E-state index contributed by atoms with van der Waals surface area (Å²) in [6.07, 6.45) is 0.112. The topological polar surface area (TPSA) is 20.2 Å². The summed E-state index contributed by atoms with van der Waals surface area (Å²) in [4.78, 5) is 0. The zero-order valence-electron chi connectivity index (χ0n) is 9.31. The van der Waals surface area contributed by atoms with E-state index in [0.29, 0.717) is 12.0 Å². The monoisotopic (exact) mass is 228 g/mol. The lowest BCUT2D eigenvalue weighted by molar-refractivity contribution is 0.156. The van der Waals surface area contributed by atoms with E-state index >= 15 is 0 Å². The molecule has 0 fully saturated rings. The molecule has 0 spiro atoms. The summed E-state index contributed by atoms with van der Waals surface area (Å²) in [6.45, 7) is 0. The van der Waals surface area contributed by atoms with Crippen molar-refractivity contribution in [2.75, 3.05) is 0 Å². The number of aliphatic hydroxyl groups excluding tert-OH is 1. The normalized spacial score (nSPS) is 22.5. The summed E-state index contributed by atoms with van der Waals surface area (Å²) >= 11 is 0. The fourth-order valence-corrected chi connectivity index (χ4v) is 2.63. The molecule has 2 atom stereocenters. The summed E-state index contributed by atoms with van der Waals surface area (Å²) in [5.41, 5.74) is 2.66. The van der Waals surface area contributed by atoms with E-state index in [-0.39, 0.29) is 11.7 Å². The molecule has 86 valence electrons. The van der Waals surface area contributed by atoms with Gasteiger partial charge in [0.05, 0.1) is 6.10 Å². The van der Waals surface area contributed by atoms with Crippen LogP contribution in [0.4, 0.5) is 4.39 Å². The van der Waals surface area contributed by atoms with Gasteiger partial charge in [-0.15, -0.1) is 0 Å². The van der Waals surface area contributed by atoms with Crippen molar-refractivity contribution >= 4 is 0 Å². The van der Waals surface area contributed by atoms with Crippen LogP contribution in [0, 0.1) is 5.82 Å². The van der Waals surface area contributed by atoms with Crippen LogP contribution in [0.2, 0.25) is 0 Å². The molecule has 3 rings (SSSR count). The number of hydrogen-bond donors (Lipinski definition) is 1. The molecule has 2 aromatic rings. The largest absolute Gasteiger partial charge is 0.388 e. The first-order valence-corrected chi connectivity index (χ1v) is 5.77. The van der Waals surface area contributed by atoms with Crippen molar-refractivity contribution in [1.29, 1.82) is 0 Å². The predicted molar refractivity (Wildman–Crippen MR) is 64.2 cm³/mol. The van der Waals surface area contributed by atoms with Gasteiger partial charge in [0.15, 0.2) is 0 Å². The Bertz CT molecular complexity index is 550. The lowest BCUT2D eigenvalue weighted by Gasteiger charge is -2.16. The molecule has 2 unspecified atom stereocenters. The Balaban J connectivity index is 2.02. The SMILES string of the molecule is OC1c2ccccc2CC1c1ccccc1F. The predicted octanol–water partition coefficient (Wildman–Crippen LogP) is 3.20. The van der Waals surface area contributed by atoms with E-state index in [2.05, 4.69) is 0 Å². The Kier molecular flexibility index (Phi) is 2.45. The highest BCUT2D eigenvalue weighted by molar-refractivity contribution is 5.40. The van der Waals surface area contributed by atoms with Gasteiger partial charge in [-0.1, -0.05) is 42.5 Å². The smallest absolute Gasteiger partial charge is 0.126 e. The first-order valence-electron chi connectivity index (χ1n) is 5.77. The zero-order valence-corrected chi connectivity index (χ0v) is 9.31. The summed E-state index contributed by atoms with van der Waals surface area (Å²) in [6, 6.07) is 14.5. The molecular weight excluding hydrogens is 215 g/mol. The molecule has 17 heavy (non-hydrogen) atoms. The van der Waals surface area contributed by atoms with Gasteiger partial charge in [0.1, 0.15) is 5.82 Å². The van der Waals surface area contributed by atoms with E-state index in [9.17, 15) is 9.50 Å². The van der Waals surface area contributed by atoms with Gasteiger partial charge in [-0.3, -0.25) is 0 Å². The first kappa shape index (κ1) is 10.5. The fourth-order valence-electron chi connectivity index (χ4n) is 2.63. The average molecular weight is 228 g/mol. The number of halogens is 1. The number of fused-ring (bicyclic) bond motifs is 1. The van der Waals surface area contributed by atoms with Gasteiger partial charge in [0.25, 0.3) is 0 Å². The maximum atomic E-state index is 13.7. The van der Waals surface area contributed by atoms with E-state index < -0.39 is 6.10 Å². The minimum Gasteiger partial charge on any atom is -0.388 e. The van der Waals surface area contributed by atoms with Gasteiger partial charge in [0.2, 0.25) is 0 Å². The number of hydrogen-bond acceptors (Lipinski definition) is 1. The van der Waals surface area contributed by atoms with Crippen LogP contribution in [0.5, 0.6) is 0 Å². The molecule has 2 heteroatoms. The molecule has 0 heterocycles. The van der Waals surface area contributed by atoms with Crippen LogP contribution in [-0.2, 0) is 6.42 Å². The van der Waals surface area contributed by atoms with Gasteiger partial charge in [0, 0.05) is 5.92 Å². The van der Waals surface area contributed by atoms with Gasteiger partial charge >= 0.3 is 0 Å². The quantitative estimate of drug-likeness (QED) is 0.794. The summed E-state index contributed by atoms with van der Waals surface area (Å²) in [7, 11) is 0. The zero-order chi connectivity index (χ0) is 11.8. The second-order valence-electron chi connectivity index (χ2n) is 4.48. The Hall–Kier alpha value is -1.67. The highest BCUT2D eigenvalue weighted by Crippen LogP contribution is 2.42. The lowest BCUT2D eigenvalue weighted by Crippen LogP contribution is -2.07. The standard InChI is InChI=1S/C15H13FO/c16-14-8-4-3-7-12(14)13-9-10-5-1-2-6-11(10)15(13)17/h1-8,13,15,17H,9H2. The van der Waals surface area contributed by atoms with Crippen molar-refractivity contribution in [1.82, 2.24) is 0 Å². The highest BCUT2D eigenvalue weighted by Gasteiger charge is 2.32. The molecule has 0 bridgehead atoms. The number of rotatable bonds is 1. The van der Waals surface area contributed by atoms with Gasteiger partial charge in [-0.2, -0.15) is 0 Å². The maximum Gasteiger partial charge on any atom is 0.126 e. The second-order valence-corrected chi connectivity index (χ2v) is 4.48. The van der Waals surface area contributed by atoms with Gasteiger partial charge in [-0.25, -0.2) is 4.39 Å². The van der Waals surface area contributed by atoms with Crippen molar-refractivity contribution in [3.05, 3.63) is 71.0 Å². The molecule has 1 nitrogen and oxygen atoms in total. The molecule has 1 aliphatic carbocycles. The summed E-state index contributed by atoms with van der Waals surface area (Å²) < 4.78 is 13.7. The number of benzene rings is 2. The van der Waals surface area contributed by atoms with Crippen molar-refractivity contribution < 1.29 is 9.50 Å². The Labute approximate surface area is 99.5 Å². The average Bonchev–Trinajstić information content (AvgIpc) is 2.68. The molecule has 0 saturated carbocycles. The van der Waals surface area contributed by atoms with Crippen LogP contribution >= 0.6 is 0 Å². The van der Waals surface area contributed by atoms with E-state index in [1.165, 1.54) is 6.07 Å². The van der Waals surface area contributed by atoms with E-state index in [1.54, 1.807) is 12.1 Å². The molecule has 1 N–H and O–H groups in total. The Morgan fingerprint density at radius 1 is 0.941 bits per heavy atom. The third-order valence-electron chi connectivity index (χ3n) is 3.50. The highest BCUT2D eigenvalue weighted by atomic mass is 19.1. The minimum atomic E-state index is -0.594. The third kappa shape index (κ3) is 1.65. The molecule has 0 saturated heterocycles. The van der Waals surface area contributed by atoms with Crippen LogP contribution in [-0.4, -0.2) is 5.11 Å². The third-order valence-corrected chi connectivity index (χ3v) is 3.50. The minimum absolute atomic E-state index is 0.159. The molecular formula is C15H13FO. The van der Waals surface area contributed by atoms with Crippen LogP contribution in [0.1, 0.15) is 28.7 Å². The summed E-state index contributed by atoms with van der Waals surface area (Å²) in [5.74, 6) is -0.391. The molecule has 0 aliphatic heterocycles. The first-order chi connectivity index (χ1) is 8.27. The molecule has 2 aromatic carbocycles. The maximum absolute atomic E-state index is 13.7. The molecule has 0 amide bonds. The van der Waals surface area contributed by atoms with Crippen LogP contribution in [0.25, 0.3) is 0 Å². The lowest BCUT2D eigenvalue weighted by atomic mass is 9.94. The van der Waals surface area contributed by atoms with Crippen LogP contribution < -0.4 is 0 Å². The van der Waals surface area contributed by atoms with Gasteiger partial charge in [-0.05, 0) is 29.2 Å². The second kappa shape index (κ2) is 3.97. The Morgan fingerprint density at radius 2 is 1.59 bits per heavy atom. The molecule has 1 aliphatic rings. The van der Waals surface area contributed by atoms with Crippen molar-refractivity contribution in [3.8, 4) is 0 Å². The van der Waals surface area contributed by atoms with Crippen molar-refractivity contribution in [3.63, 3.8) is 0 Å². The van der Waals surface area contributed by atoms with E-state index in [0.717, 1.165) is 11.1 Å². The molecule has 0 aromatic heterocycles.